The Hall–Kier alpha value is -3.04. The van der Waals surface area contributed by atoms with Gasteiger partial charge < -0.3 is 10.6 Å². The lowest BCUT2D eigenvalue weighted by Crippen LogP contribution is -2.58. The maximum Gasteiger partial charge on any atom is 0.251 e. The minimum atomic E-state index is -3.65. The monoisotopic (exact) mass is 593 g/mol. The Labute approximate surface area is 249 Å². The van der Waals surface area contributed by atoms with E-state index in [0.717, 1.165) is 36.8 Å². The fourth-order valence-electron chi connectivity index (χ4n) is 7.18. The highest BCUT2D eigenvalue weighted by atomic mass is 32.2. The van der Waals surface area contributed by atoms with Crippen LogP contribution in [0.5, 0.6) is 0 Å². The van der Waals surface area contributed by atoms with Crippen molar-refractivity contribution in [3.63, 3.8) is 0 Å². The number of hydrogen-bond donors (Lipinski definition) is 2. The quantitative estimate of drug-likeness (QED) is 0.452. The van der Waals surface area contributed by atoms with Crippen molar-refractivity contribution in [1.29, 1.82) is 0 Å². The normalized spacial score (nSPS) is 26.5. The Balaban J connectivity index is 1.32. The highest BCUT2D eigenvalue weighted by Crippen LogP contribution is 2.59. The minimum Gasteiger partial charge on any atom is -0.349 e. The van der Waals surface area contributed by atoms with Crippen LogP contribution in [-0.4, -0.2) is 54.2 Å². The molecular formula is C33H43N3O5S. The molecule has 2 N–H and O–H groups in total. The second kappa shape index (κ2) is 11.9. The molecule has 1 aliphatic heterocycles. The molecule has 4 atom stereocenters. The number of Topliss-reactive ketones (excluding diaryl/α,β-unsaturated/α-hetero) is 1. The van der Waals surface area contributed by atoms with Crippen molar-refractivity contribution < 1.29 is 22.8 Å². The predicted molar refractivity (Wildman–Crippen MR) is 162 cm³/mol. The molecule has 2 fully saturated rings. The van der Waals surface area contributed by atoms with E-state index >= 15 is 0 Å². The van der Waals surface area contributed by atoms with Crippen LogP contribution < -0.4 is 10.6 Å². The van der Waals surface area contributed by atoms with Crippen LogP contribution in [0.4, 0.5) is 0 Å². The standard InChI is InChI=1S/C33H43N3O5S/c1-23(2)19-32(3,29(37)22-36-21-26-14-8-7-11-24(26)16-18-42(36,40)41)35-31(39)27-15-9-10-17-33(27)20-28(33)34-30(38)25-12-5-4-6-13-25/h4-8,11-14,23,27-28H,9-10,15-22H2,1-3H3,(H,34,38)(H,35,39)/t27-,28?,32-,33?/m0/s1. The van der Waals surface area contributed by atoms with Crippen molar-refractivity contribution in [1.82, 2.24) is 14.9 Å². The molecule has 2 aliphatic carbocycles. The van der Waals surface area contributed by atoms with E-state index in [4.69, 9.17) is 0 Å². The number of nitrogens with one attached hydrogen (secondary N) is 2. The van der Waals surface area contributed by atoms with Gasteiger partial charge in [0.1, 0.15) is 0 Å². The number of benzene rings is 2. The van der Waals surface area contributed by atoms with Gasteiger partial charge in [-0.05, 0) is 68.2 Å². The maximum absolute atomic E-state index is 14.0. The lowest BCUT2D eigenvalue weighted by molar-refractivity contribution is -0.136. The molecule has 2 aromatic rings. The van der Waals surface area contributed by atoms with Gasteiger partial charge in [-0.2, -0.15) is 4.31 Å². The smallest absolute Gasteiger partial charge is 0.251 e. The molecule has 0 aromatic heterocycles. The van der Waals surface area contributed by atoms with Crippen molar-refractivity contribution in [2.75, 3.05) is 12.3 Å². The van der Waals surface area contributed by atoms with E-state index in [-0.39, 0.29) is 59.7 Å². The molecule has 226 valence electrons. The Bertz CT molecular complexity index is 1440. The summed E-state index contributed by atoms with van der Waals surface area (Å²) >= 11 is 0. The van der Waals surface area contributed by atoms with Gasteiger partial charge in [-0.15, -0.1) is 0 Å². The van der Waals surface area contributed by atoms with Gasteiger partial charge in [-0.1, -0.05) is 69.2 Å². The number of carbonyl (C=O) groups is 3. The summed E-state index contributed by atoms with van der Waals surface area (Å²) in [5, 5.41) is 6.28. The van der Waals surface area contributed by atoms with E-state index in [1.54, 1.807) is 19.1 Å². The van der Waals surface area contributed by atoms with Crippen molar-refractivity contribution in [3.8, 4) is 0 Å². The summed E-state index contributed by atoms with van der Waals surface area (Å²) in [4.78, 5) is 40.8. The van der Waals surface area contributed by atoms with Gasteiger partial charge in [0.2, 0.25) is 15.9 Å². The summed E-state index contributed by atoms with van der Waals surface area (Å²) in [5.41, 5.74) is 0.949. The third kappa shape index (κ3) is 6.32. The molecule has 0 bridgehead atoms. The summed E-state index contributed by atoms with van der Waals surface area (Å²) in [6, 6.07) is 16.6. The number of rotatable bonds is 9. The molecule has 0 radical (unpaired) electrons. The first kappa shape index (κ1) is 30.4. The molecule has 0 saturated heterocycles. The van der Waals surface area contributed by atoms with Gasteiger partial charge in [0.15, 0.2) is 5.78 Å². The first-order chi connectivity index (χ1) is 19.9. The van der Waals surface area contributed by atoms with Crippen molar-refractivity contribution in [3.05, 3.63) is 71.3 Å². The van der Waals surface area contributed by atoms with Crippen LogP contribution in [0.25, 0.3) is 0 Å². The zero-order valence-electron chi connectivity index (χ0n) is 24.9. The molecule has 1 spiro atoms. The van der Waals surface area contributed by atoms with Crippen LogP contribution in [0, 0.1) is 17.3 Å². The largest absolute Gasteiger partial charge is 0.349 e. The zero-order chi connectivity index (χ0) is 30.1. The highest BCUT2D eigenvalue weighted by molar-refractivity contribution is 7.89. The Kier molecular flexibility index (Phi) is 8.63. The lowest BCUT2D eigenvalue weighted by atomic mass is 9.74. The fourth-order valence-corrected chi connectivity index (χ4v) is 8.56. The minimum absolute atomic E-state index is 0.0504. The van der Waals surface area contributed by atoms with Crippen molar-refractivity contribution in [2.24, 2.45) is 17.3 Å². The number of aryl methyl sites for hydroxylation is 1. The number of carbonyl (C=O) groups excluding carboxylic acids is 3. The average molecular weight is 594 g/mol. The molecule has 3 aliphatic rings. The van der Waals surface area contributed by atoms with Gasteiger partial charge in [0.25, 0.3) is 5.91 Å². The van der Waals surface area contributed by atoms with E-state index in [9.17, 15) is 22.8 Å². The van der Waals surface area contributed by atoms with Crippen LogP contribution in [-0.2, 0) is 32.6 Å². The molecule has 1 heterocycles. The first-order valence-electron chi connectivity index (χ1n) is 15.2. The summed E-state index contributed by atoms with van der Waals surface area (Å²) in [7, 11) is -3.65. The molecule has 2 aromatic carbocycles. The van der Waals surface area contributed by atoms with Gasteiger partial charge >= 0.3 is 0 Å². The molecule has 9 heteroatoms. The van der Waals surface area contributed by atoms with Crippen LogP contribution >= 0.6 is 0 Å². The van der Waals surface area contributed by atoms with Crippen LogP contribution in [0.15, 0.2) is 54.6 Å². The molecule has 2 amide bonds. The van der Waals surface area contributed by atoms with Gasteiger partial charge in [0, 0.05) is 29.5 Å². The van der Waals surface area contributed by atoms with E-state index < -0.39 is 15.6 Å². The van der Waals surface area contributed by atoms with Crippen LogP contribution in [0.3, 0.4) is 0 Å². The van der Waals surface area contributed by atoms with E-state index in [2.05, 4.69) is 10.6 Å². The van der Waals surface area contributed by atoms with Gasteiger partial charge in [0.05, 0.1) is 17.8 Å². The molecule has 5 rings (SSSR count). The summed E-state index contributed by atoms with van der Waals surface area (Å²) in [6.07, 6.45) is 5.02. The van der Waals surface area contributed by atoms with Crippen LogP contribution in [0.1, 0.15) is 80.8 Å². The molecular weight excluding hydrogens is 550 g/mol. The molecule has 42 heavy (non-hydrogen) atoms. The van der Waals surface area contributed by atoms with Crippen molar-refractivity contribution >= 4 is 27.6 Å². The molecule has 2 saturated carbocycles. The average Bonchev–Trinajstić information content (AvgIpc) is 3.64. The first-order valence-corrected chi connectivity index (χ1v) is 16.8. The SMILES string of the molecule is CC(C)C[C@](C)(NC(=O)[C@@H]1CCCCC12CC2NC(=O)c1ccccc1)C(=O)CN1Cc2ccccc2CCS1(=O)=O. The topological polar surface area (TPSA) is 113 Å². The number of sulfonamides is 1. The maximum atomic E-state index is 14.0. The second-order valence-corrected chi connectivity index (χ2v) is 15.2. The van der Waals surface area contributed by atoms with E-state index in [1.165, 1.54) is 4.31 Å². The predicted octanol–water partition coefficient (Wildman–Crippen LogP) is 4.24. The van der Waals surface area contributed by atoms with Gasteiger partial charge in [-0.3, -0.25) is 14.4 Å². The molecule has 8 nitrogen and oxygen atoms in total. The lowest BCUT2D eigenvalue weighted by Gasteiger charge is -2.37. The summed E-state index contributed by atoms with van der Waals surface area (Å²) in [6.45, 7) is 5.59. The second-order valence-electron chi connectivity index (χ2n) is 13.1. The number of fused-ring (bicyclic) bond motifs is 1. The Morgan fingerprint density at radius 1 is 1.02 bits per heavy atom. The number of hydrogen-bond acceptors (Lipinski definition) is 5. The Morgan fingerprint density at radius 2 is 1.71 bits per heavy atom. The summed E-state index contributed by atoms with van der Waals surface area (Å²) < 4.78 is 27.7. The highest BCUT2D eigenvalue weighted by Gasteiger charge is 2.62. The number of amides is 2. The van der Waals surface area contributed by atoms with Gasteiger partial charge in [-0.25, -0.2) is 8.42 Å². The van der Waals surface area contributed by atoms with E-state index in [0.29, 0.717) is 24.8 Å². The molecule has 2 unspecified atom stereocenters. The summed E-state index contributed by atoms with van der Waals surface area (Å²) in [5.74, 6) is -0.887. The number of ketones is 1. The third-order valence-corrected chi connectivity index (χ3v) is 11.3. The zero-order valence-corrected chi connectivity index (χ0v) is 25.7. The third-order valence-electron chi connectivity index (χ3n) is 9.49. The fraction of sp³-hybridized carbons (Fsp3) is 0.545. The van der Waals surface area contributed by atoms with Crippen molar-refractivity contribution in [2.45, 2.75) is 83.8 Å². The number of nitrogens with zero attached hydrogens (tertiary/aromatic N) is 1. The Morgan fingerprint density at radius 3 is 2.43 bits per heavy atom. The van der Waals surface area contributed by atoms with E-state index in [1.807, 2.05) is 56.3 Å². The van der Waals surface area contributed by atoms with Crippen LogP contribution in [0.2, 0.25) is 0 Å².